The standard InChI is InChI=1S/C39H64O10/c1-3-5-7-9-10-11-12-13-14-15-16-17-18-19-20-21-22-24-26-28-35(42)48-32(30-46-34(41)27-25-23-8-6-4-2)31-47-39-38(45)37(44)36(43)33(29-40)49-39/h5,7,10-11,13-14,16-17,19-20,32-33,36-40,43-45H,3-4,6,8-9,12,15,18,21-31H2,1-2H3/b7-5-,11-10-,14-13-,17-16-,20-19-. The number of hydrogen-bond acceptors (Lipinski definition) is 10. The highest BCUT2D eigenvalue weighted by Crippen LogP contribution is 2.22. The molecule has 0 aliphatic carbocycles. The van der Waals surface area contributed by atoms with Gasteiger partial charge in [-0.3, -0.25) is 9.59 Å². The van der Waals surface area contributed by atoms with Crippen LogP contribution in [-0.4, -0.2) is 89.0 Å². The van der Waals surface area contributed by atoms with Gasteiger partial charge in [0, 0.05) is 12.8 Å². The molecule has 280 valence electrons. The molecule has 1 aliphatic heterocycles. The topological polar surface area (TPSA) is 152 Å². The van der Waals surface area contributed by atoms with Crippen molar-refractivity contribution in [3.8, 4) is 0 Å². The highest BCUT2D eigenvalue weighted by atomic mass is 16.7. The Labute approximate surface area is 294 Å². The van der Waals surface area contributed by atoms with Gasteiger partial charge in [-0.1, -0.05) is 107 Å². The average molecular weight is 693 g/mol. The molecule has 49 heavy (non-hydrogen) atoms. The fourth-order valence-corrected chi connectivity index (χ4v) is 4.98. The predicted molar refractivity (Wildman–Crippen MR) is 191 cm³/mol. The van der Waals surface area contributed by atoms with E-state index < -0.39 is 55.4 Å². The summed E-state index contributed by atoms with van der Waals surface area (Å²) in [6.07, 6.45) is 27.1. The smallest absolute Gasteiger partial charge is 0.306 e. The molecule has 0 spiro atoms. The minimum absolute atomic E-state index is 0.188. The third-order valence-electron chi connectivity index (χ3n) is 7.92. The Morgan fingerprint density at radius 2 is 1.20 bits per heavy atom. The number of ether oxygens (including phenoxy) is 4. The molecule has 0 radical (unpaired) electrons. The summed E-state index contributed by atoms with van der Waals surface area (Å²) < 4.78 is 21.8. The van der Waals surface area contributed by atoms with Gasteiger partial charge in [-0.15, -0.1) is 0 Å². The van der Waals surface area contributed by atoms with E-state index in [2.05, 4.69) is 74.6 Å². The maximum absolute atomic E-state index is 12.6. The van der Waals surface area contributed by atoms with Crippen molar-refractivity contribution in [1.82, 2.24) is 0 Å². The average Bonchev–Trinajstić information content (AvgIpc) is 3.10. The number of carbonyl (C=O) groups is 2. The van der Waals surface area contributed by atoms with Crippen molar-refractivity contribution in [3.05, 3.63) is 60.8 Å². The molecular formula is C39H64O10. The molecule has 10 nitrogen and oxygen atoms in total. The molecule has 0 saturated carbocycles. The molecule has 1 saturated heterocycles. The van der Waals surface area contributed by atoms with Gasteiger partial charge in [0.2, 0.25) is 0 Å². The van der Waals surface area contributed by atoms with Gasteiger partial charge in [0.05, 0.1) is 13.2 Å². The molecule has 1 heterocycles. The third-order valence-corrected chi connectivity index (χ3v) is 7.92. The Balaban J connectivity index is 2.38. The van der Waals surface area contributed by atoms with E-state index in [4.69, 9.17) is 18.9 Å². The molecule has 6 atom stereocenters. The lowest BCUT2D eigenvalue weighted by molar-refractivity contribution is -0.305. The molecular weight excluding hydrogens is 628 g/mol. The van der Waals surface area contributed by atoms with Gasteiger partial charge in [0.15, 0.2) is 12.4 Å². The van der Waals surface area contributed by atoms with Crippen molar-refractivity contribution in [3.63, 3.8) is 0 Å². The second kappa shape index (κ2) is 30.2. The van der Waals surface area contributed by atoms with Crippen LogP contribution in [0.25, 0.3) is 0 Å². The van der Waals surface area contributed by atoms with Crippen molar-refractivity contribution in [2.24, 2.45) is 0 Å². The molecule has 0 bridgehead atoms. The van der Waals surface area contributed by atoms with Crippen LogP contribution in [0, 0.1) is 0 Å². The van der Waals surface area contributed by atoms with E-state index in [1.807, 2.05) is 0 Å². The monoisotopic (exact) mass is 692 g/mol. The second-order valence-corrected chi connectivity index (χ2v) is 12.3. The van der Waals surface area contributed by atoms with Crippen molar-refractivity contribution in [2.45, 2.75) is 153 Å². The van der Waals surface area contributed by atoms with Gasteiger partial charge in [-0.2, -0.15) is 0 Å². The van der Waals surface area contributed by atoms with Crippen molar-refractivity contribution in [1.29, 1.82) is 0 Å². The molecule has 0 amide bonds. The SMILES string of the molecule is CC/C=C\C/C=C\C/C=C\C/C=C\C/C=C\CCCCCC(=O)OC(COC(=O)CCCCCCC)COC1OC(CO)C(O)C(O)C1O. The van der Waals surface area contributed by atoms with Crippen LogP contribution in [-0.2, 0) is 28.5 Å². The lowest BCUT2D eigenvalue weighted by atomic mass is 9.99. The summed E-state index contributed by atoms with van der Waals surface area (Å²) in [6, 6.07) is 0. The van der Waals surface area contributed by atoms with Gasteiger partial charge >= 0.3 is 11.9 Å². The van der Waals surface area contributed by atoms with Gasteiger partial charge in [0.25, 0.3) is 0 Å². The van der Waals surface area contributed by atoms with Crippen molar-refractivity contribution < 1.29 is 49.0 Å². The van der Waals surface area contributed by atoms with E-state index in [9.17, 15) is 30.0 Å². The fraction of sp³-hybridized carbons (Fsp3) is 0.692. The minimum Gasteiger partial charge on any atom is -0.462 e. The fourth-order valence-electron chi connectivity index (χ4n) is 4.98. The lowest BCUT2D eigenvalue weighted by Gasteiger charge is -2.39. The van der Waals surface area contributed by atoms with Crippen LogP contribution in [0.5, 0.6) is 0 Å². The Hall–Kier alpha value is -2.60. The van der Waals surface area contributed by atoms with E-state index >= 15 is 0 Å². The van der Waals surface area contributed by atoms with Crippen LogP contribution in [0.4, 0.5) is 0 Å². The number of aliphatic hydroxyl groups is 4. The zero-order valence-electron chi connectivity index (χ0n) is 29.9. The summed E-state index contributed by atoms with van der Waals surface area (Å²) in [7, 11) is 0. The molecule has 1 fully saturated rings. The minimum atomic E-state index is -1.60. The quantitative estimate of drug-likeness (QED) is 0.0417. The molecule has 0 aromatic heterocycles. The highest BCUT2D eigenvalue weighted by molar-refractivity contribution is 5.70. The van der Waals surface area contributed by atoms with E-state index in [-0.39, 0.29) is 26.1 Å². The maximum Gasteiger partial charge on any atom is 0.306 e. The molecule has 1 aliphatic rings. The Kier molecular flexibility index (Phi) is 27.4. The van der Waals surface area contributed by atoms with E-state index in [1.54, 1.807) is 0 Å². The number of allylic oxidation sites excluding steroid dienone is 10. The van der Waals surface area contributed by atoms with Gasteiger partial charge in [0.1, 0.15) is 31.0 Å². The summed E-state index contributed by atoms with van der Waals surface area (Å²) in [6.45, 7) is 3.13. The number of carbonyl (C=O) groups excluding carboxylic acids is 2. The molecule has 6 unspecified atom stereocenters. The van der Waals surface area contributed by atoms with Crippen LogP contribution >= 0.6 is 0 Å². The zero-order chi connectivity index (χ0) is 36.0. The zero-order valence-corrected chi connectivity index (χ0v) is 29.9. The number of esters is 2. The normalized spacial score (nSPS) is 22.3. The van der Waals surface area contributed by atoms with Crippen LogP contribution in [0.1, 0.15) is 117 Å². The molecule has 0 aromatic rings. The first-order valence-electron chi connectivity index (χ1n) is 18.4. The van der Waals surface area contributed by atoms with Gasteiger partial charge < -0.3 is 39.4 Å². The summed E-state index contributed by atoms with van der Waals surface area (Å²) in [5.74, 6) is -0.867. The van der Waals surface area contributed by atoms with Crippen LogP contribution < -0.4 is 0 Å². The number of rotatable bonds is 28. The molecule has 0 aromatic carbocycles. The Morgan fingerprint density at radius 1 is 0.653 bits per heavy atom. The Bertz CT molecular complexity index is 986. The highest BCUT2D eigenvalue weighted by Gasteiger charge is 2.44. The Morgan fingerprint density at radius 3 is 1.80 bits per heavy atom. The first kappa shape index (κ1) is 44.4. The third kappa shape index (κ3) is 22.7. The summed E-state index contributed by atoms with van der Waals surface area (Å²) in [5, 5.41) is 39.7. The van der Waals surface area contributed by atoms with Crippen LogP contribution in [0.2, 0.25) is 0 Å². The predicted octanol–water partition coefficient (Wildman–Crippen LogP) is 6.32. The lowest BCUT2D eigenvalue weighted by Crippen LogP contribution is -2.59. The van der Waals surface area contributed by atoms with Gasteiger partial charge in [-0.05, 0) is 57.8 Å². The van der Waals surface area contributed by atoms with Gasteiger partial charge in [-0.25, -0.2) is 0 Å². The second-order valence-electron chi connectivity index (χ2n) is 12.3. The van der Waals surface area contributed by atoms with Crippen LogP contribution in [0.3, 0.4) is 0 Å². The molecule has 1 rings (SSSR count). The van der Waals surface area contributed by atoms with Crippen molar-refractivity contribution >= 4 is 11.9 Å². The molecule has 10 heteroatoms. The first-order valence-corrected chi connectivity index (χ1v) is 18.4. The maximum atomic E-state index is 12.6. The summed E-state index contributed by atoms with van der Waals surface area (Å²) in [5.41, 5.74) is 0. The largest absolute Gasteiger partial charge is 0.462 e. The van der Waals surface area contributed by atoms with E-state index in [0.29, 0.717) is 12.8 Å². The number of unbranched alkanes of at least 4 members (excludes halogenated alkanes) is 7. The summed E-state index contributed by atoms with van der Waals surface area (Å²) in [4.78, 5) is 24.9. The number of hydrogen-bond donors (Lipinski definition) is 4. The van der Waals surface area contributed by atoms with Crippen molar-refractivity contribution in [2.75, 3.05) is 19.8 Å². The van der Waals surface area contributed by atoms with E-state index in [1.165, 1.54) is 0 Å². The molecule has 4 N–H and O–H groups in total. The first-order chi connectivity index (χ1) is 23.8. The summed E-state index contributed by atoms with van der Waals surface area (Å²) >= 11 is 0. The number of aliphatic hydroxyl groups excluding tert-OH is 4. The van der Waals surface area contributed by atoms with Crippen LogP contribution in [0.15, 0.2) is 60.8 Å². The van der Waals surface area contributed by atoms with E-state index in [0.717, 1.165) is 77.0 Å².